The van der Waals surface area contributed by atoms with E-state index in [-0.39, 0.29) is 11.7 Å². The molecule has 0 unspecified atom stereocenters. The van der Waals surface area contributed by atoms with Gasteiger partial charge in [0, 0.05) is 30.6 Å². The number of nitrogens with one attached hydrogen (secondary N) is 2. The van der Waals surface area contributed by atoms with Crippen LogP contribution in [0.1, 0.15) is 19.3 Å². The number of hydrogen-bond donors (Lipinski definition) is 2. The molecular formula is C13H14N4O2S. The van der Waals surface area contributed by atoms with E-state index >= 15 is 0 Å². The molecule has 2 N–H and O–H groups in total. The molecule has 0 fully saturated rings. The molecule has 0 aromatic carbocycles. The Bertz CT molecular complexity index is 577. The first kappa shape index (κ1) is 13.0. The van der Waals surface area contributed by atoms with Crippen LogP contribution < -0.4 is 10.9 Å². The summed E-state index contributed by atoms with van der Waals surface area (Å²) < 4.78 is 0. The van der Waals surface area contributed by atoms with Crippen molar-refractivity contribution in [1.82, 2.24) is 15.8 Å². The van der Waals surface area contributed by atoms with E-state index in [1.807, 2.05) is 16.5 Å². The second kappa shape index (κ2) is 5.54. The lowest BCUT2D eigenvalue weighted by molar-refractivity contribution is -0.119. The number of thioether (sulfide) groups is 1. The van der Waals surface area contributed by atoms with Crippen molar-refractivity contribution in [3.63, 3.8) is 0 Å². The van der Waals surface area contributed by atoms with Gasteiger partial charge in [0.15, 0.2) is 11.0 Å². The summed E-state index contributed by atoms with van der Waals surface area (Å²) in [6.07, 6.45) is 7.22. The molecule has 0 spiro atoms. The number of aliphatic imine (C=N–C) groups is 1. The normalized spacial score (nSPS) is 20.9. The Hall–Kier alpha value is -2.02. The zero-order chi connectivity index (χ0) is 13.9. The van der Waals surface area contributed by atoms with E-state index in [1.54, 1.807) is 12.3 Å². The van der Waals surface area contributed by atoms with Crippen molar-refractivity contribution in [3.05, 3.63) is 35.2 Å². The van der Waals surface area contributed by atoms with E-state index in [0.29, 0.717) is 18.5 Å². The maximum atomic E-state index is 12.0. The smallest absolute Gasteiger partial charge is 0.268 e. The molecule has 0 saturated carbocycles. The lowest BCUT2D eigenvalue weighted by Crippen LogP contribution is -2.41. The number of fused-ring (bicyclic) bond motifs is 1. The summed E-state index contributed by atoms with van der Waals surface area (Å²) in [5.41, 5.74) is 6.77. The molecule has 0 aromatic heterocycles. The molecule has 0 radical (unpaired) electrons. The maximum Gasteiger partial charge on any atom is 0.268 e. The molecule has 104 valence electrons. The van der Waals surface area contributed by atoms with Gasteiger partial charge in [-0.05, 0) is 18.2 Å². The number of amides is 1. The van der Waals surface area contributed by atoms with Crippen LogP contribution in [-0.2, 0) is 9.59 Å². The highest BCUT2D eigenvalue weighted by atomic mass is 32.2. The van der Waals surface area contributed by atoms with Crippen LogP contribution in [0.2, 0.25) is 0 Å². The van der Waals surface area contributed by atoms with E-state index in [4.69, 9.17) is 0 Å². The topological polar surface area (TPSA) is 73.8 Å². The fourth-order valence-corrected chi connectivity index (χ4v) is 2.82. The molecule has 3 aliphatic rings. The van der Waals surface area contributed by atoms with Crippen molar-refractivity contribution in [2.45, 2.75) is 19.3 Å². The van der Waals surface area contributed by atoms with Gasteiger partial charge in [-0.15, -0.1) is 0 Å². The number of nitrogens with zero attached hydrogens (tertiary/aromatic N) is 2. The van der Waals surface area contributed by atoms with Gasteiger partial charge in [0.25, 0.3) is 5.91 Å². The van der Waals surface area contributed by atoms with Crippen LogP contribution in [0.15, 0.2) is 40.1 Å². The first-order valence-electron chi connectivity index (χ1n) is 6.39. The molecule has 2 heterocycles. The summed E-state index contributed by atoms with van der Waals surface area (Å²) in [5.74, 6) is -0.129. The molecule has 0 bridgehead atoms. The second-order valence-electron chi connectivity index (χ2n) is 4.67. The highest BCUT2D eigenvalue weighted by Gasteiger charge is 2.22. The van der Waals surface area contributed by atoms with Gasteiger partial charge in [0.2, 0.25) is 0 Å². The van der Waals surface area contributed by atoms with E-state index in [9.17, 15) is 9.59 Å². The van der Waals surface area contributed by atoms with Gasteiger partial charge in [-0.25, -0.2) is 4.99 Å². The van der Waals surface area contributed by atoms with Crippen molar-refractivity contribution in [2.75, 3.05) is 6.54 Å². The molecule has 0 atom stereocenters. The SMILES string of the molecule is O=C1C=C(NNC(=O)C2=CN=C3SC=CN3C2)CCC1. The van der Waals surface area contributed by atoms with Gasteiger partial charge in [0.05, 0.1) is 12.1 Å². The molecule has 20 heavy (non-hydrogen) atoms. The first-order chi connectivity index (χ1) is 9.72. The van der Waals surface area contributed by atoms with Crippen LogP contribution in [-0.4, -0.2) is 28.3 Å². The summed E-state index contributed by atoms with van der Waals surface area (Å²) in [7, 11) is 0. The Morgan fingerprint density at radius 3 is 3.15 bits per heavy atom. The largest absolute Gasteiger partial charge is 0.322 e. The number of carbonyl (C=O) groups is 2. The second-order valence-corrected chi connectivity index (χ2v) is 5.54. The van der Waals surface area contributed by atoms with Crippen LogP contribution in [0.5, 0.6) is 0 Å². The Balaban J connectivity index is 1.57. The lowest BCUT2D eigenvalue weighted by Gasteiger charge is -2.22. The van der Waals surface area contributed by atoms with Gasteiger partial charge in [0.1, 0.15) is 0 Å². The summed E-state index contributed by atoms with van der Waals surface area (Å²) in [5, 5.41) is 2.82. The van der Waals surface area contributed by atoms with Crippen LogP contribution in [0, 0.1) is 0 Å². The minimum Gasteiger partial charge on any atom is -0.322 e. The number of allylic oxidation sites excluding steroid dienone is 2. The van der Waals surface area contributed by atoms with E-state index < -0.39 is 0 Å². The molecule has 7 heteroatoms. The third-order valence-corrected chi connectivity index (χ3v) is 3.97. The van der Waals surface area contributed by atoms with Gasteiger partial charge in [-0.2, -0.15) is 0 Å². The average molecular weight is 290 g/mol. The van der Waals surface area contributed by atoms with Crippen LogP contribution >= 0.6 is 11.8 Å². The third-order valence-electron chi connectivity index (χ3n) is 3.16. The minimum atomic E-state index is -0.225. The van der Waals surface area contributed by atoms with E-state index in [0.717, 1.165) is 23.7 Å². The molecule has 6 nitrogen and oxygen atoms in total. The summed E-state index contributed by atoms with van der Waals surface area (Å²) in [6.45, 7) is 0.508. The first-order valence-corrected chi connectivity index (χ1v) is 7.27. The highest BCUT2D eigenvalue weighted by molar-refractivity contribution is 8.16. The van der Waals surface area contributed by atoms with Crippen molar-refractivity contribution >= 4 is 28.6 Å². The van der Waals surface area contributed by atoms with Crippen LogP contribution in [0.4, 0.5) is 0 Å². The summed E-state index contributed by atoms with van der Waals surface area (Å²) in [6, 6.07) is 0. The van der Waals surface area contributed by atoms with Crippen molar-refractivity contribution < 1.29 is 9.59 Å². The zero-order valence-corrected chi connectivity index (χ0v) is 11.6. The molecule has 0 aromatic rings. The molecular weight excluding hydrogens is 276 g/mol. The molecule has 1 aliphatic carbocycles. The number of ketones is 1. The monoisotopic (exact) mass is 290 g/mol. The van der Waals surface area contributed by atoms with Gasteiger partial charge in [-0.3, -0.25) is 15.0 Å². The van der Waals surface area contributed by atoms with Gasteiger partial charge in [-0.1, -0.05) is 11.8 Å². The van der Waals surface area contributed by atoms with Crippen molar-refractivity contribution in [3.8, 4) is 0 Å². The van der Waals surface area contributed by atoms with E-state index in [1.165, 1.54) is 11.8 Å². The van der Waals surface area contributed by atoms with Crippen molar-refractivity contribution in [2.24, 2.45) is 4.99 Å². The number of hydrazine groups is 1. The fourth-order valence-electron chi connectivity index (χ4n) is 2.12. The number of carbonyl (C=O) groups excluding carboxylic acids is 2. The zero-order valence-electron chi connectivity index (χ0n) is 10.8. The number of amidine groups is 1. The van der Waals surface area contributed by atoms with Crippen LogP contribution in [0.25, 0.3) is 0 Å². The quantitative estimate of drug-likeness (QED) is 0.759. The van der Waals surface area contributed by atoms with Gasteiger partial charge < -0.3 is 10.3 Å². The maximum absolute atomic E-state index is 12.0. The van der Waals surface area contributed by atoms with Gasteiger partial charge >= 0.3 is 0 Å². The average Bonchev–Trinajstić information content (AvgIpc) is 2.92. The standard InChI is InChI=1S/C13H14N4O2S/c18-11-3-1-2-10(6-11)15-16-12(19)9-7-14-13-17(8-9)4-5-20-13/h4-7,15H,1-3,8H2,(H,16,19). The predicted octanol–water partition coefficient (Wildman–Crippen LogP) is 1.02. The van der Waals surface area contributed by atoms with Crippen LogP contribution in [0.3, 0.4) is 0 Å². The minimum absolute atomic E-state index is 0.0957. The number of hydrogen-bond acceptors (Lipinski definition) is 6. The highest BCUT2D eigenvalue weighted by Crippen LogP contribution is 2.23. The lowest BCUT2D eigenvalue weighted by atomic mass is 10.0. The molecule has 3 rings (SSSR count). The van der Waals surface area contributed by atoms with E-state index in [2.05, 4.69) is 15.8 Å². The molecule has 2 aliphatic heterocycles. The molecule has 1 amide bonds. The Morgan fingerprint density at radius 1 is 1.40 bits per heavy atom. The summed E-state index contributed by atoms with van der Waals surface area (Å²) in [4.78, 5) is 29.4. The molecule has 0 saturated heterocycles. The Morgan fingerprint density at radius 2 is 2.30 bits per heavy atom. The predicted molar refractivity (Wildman–Crippen MR) is 77.2 cm³/mol. The Kier molecular flexibility index (Phi) is 3.60. The fraction of sp³-hybridized carbons (Fsp3) is 0.308. The Labute approximate surface area is 120 Å². The third kappa shape index (κ3) is 2.77. The van der Waals surface area contributed by atoms with Crippen molar-refractivity contribution in [1.29, 1.82) is 0 Å². The number of rotatable bonds is 3. The summed E-state index contributed by atoms with van der Waals surface area (Å²) >= 11 is 1.53.